The van der Waals surface area contributed by atoms with E-state index in [4.69, 9.17) is 0 Å². The van der Waals surface area contributed by atoms with E-state index in [2.05, 4.69) is 12.2 Å². The van der Waals surface area contributed by atoms with Crippen molar-refractivity contribution in [3.05, 3.63) is 35.9 Å². The molecule has 2 N–H and O–H groups in total. The van der Waals surface area contributed by atoms with Crippen LogP contribution in [0.5, 0.6) is 0 Å². The zero-order chi connectivity index (χ0) is 11.4. The van der Waals surface area contributed by atoms with Crippen LogP contribution >= 0.6 is 0 Å². The van der Waals surface area contributed by atoms with Gasteiger partial charge in [-0.15, -0.1) is 0 Å². The highest BCUT2D eigenvalue weighted by atomic mass is 16.3. The van der Waals surface area contributed by atoms with Crippen LogP contribution in [0.2, 0.25) is 0 Å². The molecule has 16 heavy (non-hydrogen) atoms. The van der Waals surface area contributed by atoms with Crippen molar-refractivity contribution < 1.29 is 5.11 Å². The van der Waals surface area contributed by atoms with Crippen LogP contribution in [0.1, 0.15) is 38.2 Å². The molecular weight excluding hydrogens is 198 g/mol. The van der Waals surface area contributed by atoms with Gasteiger partial charge < -0.3 is 10.4 Å². The van der Waals surface area contributed by atoms with Gasteiger partial charge in [0.1, 0.15) is 5.60 Å². The van der Waals surface area contributed by atoms with Gasteiger partial charge in [0.25, 0.3) is 0 Å². The van der Waals surface area contributed by atoms with Gasteiger partial charge in [0, 0.05) is 6.04 Å². The first kappa shape index (κ1) is 11.6. The molecule has 0 aromatic heterocycles. The van der Waals surface area contributed by atoms with Gasteiger partial charge in [-0.25, -0.2) is 0 Å². The maximum atomic E-state index is 10.9. The predicted octanol–water partition coefficient (Wildman–Crippen LogP) is 2.43. The number of benzene rings is 1. The minimum atomic E-state index is -0.707. The summed E-state index contributed by atoms with van der Waals surface area (Å²) in [5, 5.41) is 14.3. The van der Waals surface area contributed by atoms with Crippen LogP contribution in [0, 0.1) is 0 Å². The fourth-order valence-corrected chi connectivity index (χ4v) is 2.64. The Morgan fingerprint density at radius 2 is 2.06 bits per heavy atom. The summed E-state index contributed by atoms with van der Waals surface area (Å²) >= 11 is 0. The third-order valence-electron chi connectivity index (χ3n) is 3.70. The molecule has 1 aliphatic heterocycles. The van der Waals surface area contributed by atoms with E-state index in [0.717, 1.165) is 24.9 Å². The second kappa shape index (κ2) is 4.98. The summed E-state index contributed by atoms with van der Waals surface area (Å²) in [6, 6.07) is 10.2. The lowest BCUT2D eigenvalue weighted by Crippen LogP contribution is -2.50. The molecule has 2 unspecified atom stereocenters. The summed E-state index contributed by atoms with van der Waals surface area (Å²) in [5.41, 5.74) is 0.332. The van der Waals surface area contributed by atoms with Gasteiger partial charge in [-0.1, -0.05) is 43.7 Å². The molecule has 2 atom stereocenters. The van der Waals surface area contributed by atoms with Crippen molar-refractivity contribution >= 4 is 0 Å². The summed E-state index contributed by atoms with van der Waals surface area (Å²) in [5.74, 6) is 0. The van der Waals surface area contributed by atoms with Crippen LogP contribution in [0.25, 0.3) is 0 Å². The molecule has 2 heteroatoms. The lowest BCUT2D eigenvalue weighted by molar-refractivity contribution is -0.0159. The molecule has 0 bridgehead atoms. The molecule has 1 aliphatic rings. The van der Waals surface area contributed by atoms with Crippen molar-refractivity contribution in [2.45, 2.75) is 44.2 Å². The smallest absolute Gasteiger partial charge is 0.105 e. The Bertz CT molecular complexity index is 319. The fraction of sp³-hybridized carbons (Fsp3) is 0.571. The Labute approximate surface area is 97.7 Å². The Hall–Kier alpha value is -0.860. The van der Waals surface area contributed by atoms with E-state index in [1.165, 1.54) is 12.8 Å². The quantitative estimate of drug-likeness (QED) is 0.818. The number of rotatable bonds is 3. The monoisotopic (exact) mass is 219 g/mol. The van der Waals surface area contributed by atoms with Crippen LogP contribution in [0.3, 0.4) is 0 Å². The maximum Gasteiger partial charge on any atom is 0.105 e. The first-order valence-corrected chi connectivity index (χ1v) is 6.28. The lowest BCUT2D eigenvalue weighted by atomic mass is 9.80. The molecular formula is C14H21NO. The molecule has 2 nitrogen and oxygen atoms in total. The minimum Gasteiger partial charge on any atom is -0.384 e. The Kier molecular flexibility index (Phi) is 3.62. The van der Waals surface area contributed by atoms with Gasteiger partial charge in [-0.3, -0.25) is 0 Å². The molecule has 1 fully saturated rings. The highest BCUT2D eigenvalue weighted by Crippen LogP contribution is 2.32. The van der Waals surface area contributed by atoms with Crippen LogP contribution < -0.4 is 5.32 Å². The second-order valence-electron chi connectivity index (χ2n) is 4.65. The van der Waals surface area contributed by atoms with Crippen LogP contribution in [-0.4, -0.2) is 17.7 Å². The van der Waals surface area contributed by atoms with E-state index in [-0.39, 0.29) is 6.04 Å². The predicted molar refractivity (Wildman–Crippen MR) is 66.3 cm³/mol. The molecule has 0 saturated carbocycles. The molecule has 0 aliphatic carbocycles. The molecule has 1 heterocycles. The number of nitrogens with one attached hydrogen (secondary N) is 1. The summed E-state index contributed by atoms with van der Waals surface area (Å²) in [6.45, 7) is 3.09. The van der Waals surface area contributed by atoms with E-state index < -0.39 is 5.60 Å². The standard InChI is InChI=1S/C14H21NO/c1-2-14(16,12-8-4-3-5-9-12)13-10-6-7-11-15-13/h3-5,8-9,13,15-16H,2,6-7,10-11H2,1H3. The van der Waals surface area contributed by atoms with Gasteiger partial charge in [0.15, 0.2) is 0 Å². The van der Waals surface area contributed by atoms with Crippen LogP contribution in [-0.2, 0) is 5.60 Å². The van der Waals surface area contributed by atoms with Crippen molar-refractivity contribution in [3.63, 3.8) is 0 Å². The lowest BCUT2D eigenvalue weighted by Gasteiger charge is -2.39. The summed E-state index contributed by atoms with van der Waals surface area (Å²) < 4.78 is 0. The first-order valence-electron chi connectivity index (χ1n) is 6.28. The third kappa shape index (κ3) is 2.13. The van der Waals surface area contributed by atoms with Gasteiger partial charge in [0.05, 0.1) is 0 Å². The first-order chi connectivity index (χ1) is 7.77. The zero-order valence-corrected chi connectivity index (χ0v) is 9.95. The summed E-state index contributed by atoms with van der Waals surface area (Å²) in [4.78, 5) is 0. The van der Waals surface area contributed by atoms with E-state index in [1.54, 1.807) is 0 Å². The van der Waals surface area contributed by atoms with Crippen molar-refractivity contribution in [1.82, 2.24) is 5.32 Å². The Balaban J connectivity index is 2.24. The molecule has 88 valence electrons. The van der Waals surface area contributed by atoms with E-state index in [1.807, 2.05) is 30.3 Å². The zero-order valence-electron chi connectivity index (χ0n) is 9.95. The normalized spacial score (nSPS) is 25.0. The molecule has 0 radical (unpaired) electrons. The molecule has 1 aromatic rings. The van der Waals surface area contributed by atoms with Gasteiger partial charge in [0.2, 0.25) is 0 Å². The van der Waals surface area contributed by atoms with Crippen LogP contribution in [0.15, 0.2) is 30.3 Å². The molecule has 0 spiro atoms. The van der Waals surface area contributed by atoms with Crippen molar-refractivity contribution in [1.29, 1.82) is 0 Å². The van der Waals surface area contributed by atoms with E-state index in [9.17, 15) is 5.11 Å². The Morgan fingerprint density at radius 1 is 1.31 bits per heavy atom. The highest BCUT2D eigenvalue weighted by Gasteiger charge is 2.36. The fourth-order valence-electron chi connectivity index (χ4n) is 2.64. The van der Waals surface area contributed by atoms with Gasteiger partial charge in [-0.2, -0.15) is 0 Å². The number of piperidine rings is 1. The van der Waals surface area contributed by atoms with E-state index >= 15 is 0 Å². The Morgan fingerprint density at radius 3 is 2.62 bits per heavy atom. The van der Waals surface area contributed by atoms with E-state index in [0.29, 0.717) is 0 Å². The molecule has 1 saturated heterocycles. The second-order valence-corrected chi connectivity index (χ2v) is 4.65. The molecule has 1 aromatic carbocycles. The topological polar surface area (TPSA) is 32.3 Å². The number of aliphatic hydroxyl groups is 1. The largest absolute Gasteiger partial charge is 0.384 e. The van der Waals surface area contributed by atoms with Gasteiger partial charge in [-0.05, 0) is 31.4 Å². The minimum absolute atomic E-state index is 0.202. The SMILES string of the molecule is CCC(O)(c1ccccc1)C1CCCCN1. The molecule has 0 amide bonds. The average Bonchev–Trinajstić information content (AvgIpc) is 2.40. The maximum absolute atomic E-state index is 10.9. The third-order valence-corrected chi connectivity index (χ3v) is 3.70. The highest BCUT2D eigenvalue weighted by molar-refractivity contribution is 5.24. The summed E-state index contributed by atoms with van der Waals surface area (Å²) in [7, 11) is 0. The van der Waals surface area contributed by atoms with Crippen molar-refractivity contribution in [2.24, 2.45) is 0 Å². The van der Waals surface area contributed by atoms with Crippen LogP contribution in [0.4, 0.5) is 0 Å². The summed E-state index contributed by atoms with van der Waals surface area (Å²) in [6.07, 6.45) is 4.27. The average molecular weight is 219 g/mol. The molecule has 2 rings (SSSR count). The van der Waals surface area contributed by atoms with Crippen molar-refractivity contribution in [3.8, 4) is 0 Å². The number of hydrogen-bond donors (Lipinski definition) is 2. The number of hydrogen-bond acceptors (Lipinski definition) is 2. The van der Waals surface area contributed by atoms with Gasteiger partial charge >= 0.3 is 0 Å². The van der Waals surface area contributed by atoms with Crippen molar-refractivity contribution in [2.75, 3.05) is 6.54 Å².